The quantitative estimate of drug-likeness (QED) is 0.472. The summed E-state index contributed by atoms with van der Waals surface area (Å²) in [6.45, 7) is 5.97. The molecule has 0 radical (unpaired) electrons. The summed E-state index contributed by atoms with van der Waals surface area (Å²) in [6, 6.07) is 19.0. The molecule has 8 nitrogen and oxygen atoms in total. The third-order valence-electron chi connectivity index (χ3n) is 4.92. The number of carbonyl (C=O) groups excluding carboxylic acids is 1. The van der Waals surface area contributed by atoms with Crippen molar-refractivity contribution in [2.45, 2.75) is 13.8 Å². The van der Waals surface area contributed by atoms with Crippen molar-refractivity contribution in [3.63, 3.8) is 0 Å². The Hall–Kier alpha value is -3.94. The number of hydrogen-bond donors (Lipinski definition) is 1. The molecule has 0 saturated heterocycles. The number of ether oxygens (including phenoxy) is 1. The van der Waals surface area contributed by atoms with Gasteiger partial charge in [-0.3, -0.25) is 4.79 Å². The van der Waals surface area contributed by atoms with Gasteiger partial charge < -0.3 is 15.0 Å². The third kappa shape index (κ3) is 4.80. The number of benzene rings is 2. The first-order valence-corrected chi connectivity index (χ1v) is 10.2. The molecule has 0 aliphatic carbocycles. The number of amides is 1. The van der Waals surface area contributed by atoms with E-state index < -0.39 is 0 Å². The number of nitrogens with zero attached hydrogens (tertiary/aromatic N) is 5. The van der Waals surface area contributed by atoms with Crippen LogP contribution < -0.4 is 15.0 Å². The van der Waals surface area contributed by atoms with Crippen LogP contribution in [0.1, 0.15) is 13.8 Å². The van der Waals surface area contributed by atoms with Crippen molar-refractivity contribution in [3.05, 3.63) is 67.0 Å². The number of rotatable bonds is 8. The Morgan fingerprint density at radius 3 is 2.74 bits per heavy atom. The lowest BCUT2D eigenvalue weighted by Crippen LogP contribution is -2.22. The smallest absolute Gasteiger partial charge is 0.262 e. The van der Waals surface area contributed by atoms with Crippen LogP contribution in [0, 0.1) is 0 Å². The summed E-state index contributed by atoms with van der Waals surface area (Å²) in [5.41, 5.74) is 4.06. The Labute approximate surface area is 180 Å². The molecule has 8 heteroatoms. The molecule has 158 valence electrons. The number of hydrogen-bond acceptors (Lipinski definition) is 6. The second kappa shape index (κ2) is 9.25. The van der Waals surface area contributed by atoms with Gasteiger partial charge in [-0.05, 0) is 50.2 Å². The highest BCUT2D eigenvalue weighted by molar-refractivity contribution is 5.92. The molecule has 0 unspecified atom stereocenters. The lowest BCUT2D eigenvalue weighted by molar-refractivity contribution is -0.118. The van der Waals surface area contributed by atoms with Crippen LogP contribution >= 0.6 is 0 Å². The number of nitrogens with one attached hydrogen (secondary N) is 1. The Morgan fingerprint density at radius 1 is 1.06 bits per heavy atom. The fraction of sp³-hybridized carbons (Fsp3) is 0.217. The maximum absolute atomic E-state index is 12.4. The topological polar surface area (TPSA) is 84.6 Å². The van der Waals surface area contributed by atoms with Gasteiger partial charge in [-0.1, -0.05) is 18.2 Å². The van der Waals surface area contributed by atoms with E-state index in [2.05, 4.69) is 39.4 Å². The monoisotopic (exact) mass is 416 g/mol. The molecule has 0 bridgehead atoms. The largest absolute Gasteiger partial charge is 0.484 e. The molecular formula is C23H24N6O2. The van der Waals surface area contributed by atoms with Crippen LogP contribution in [-0.4, -0.2) is 45.4 Å². The van der Waals surface area contributed by atoms with E-state index in [4.69, 9.17) is 4.74 Å². The molecule has 0 spiro atoms. The van der Waals surface area contributed by atoms with E-state index in [0.29, 0.717) is 17.1 Å². The molecule has 1 N–H and O–H groups in total. The minimum atomic E-state index is -0.229. The summed E-state index contributed by atoms with van der Waals surface area (Å²) in [5.74, 6) is 0.437. The number of fused-ring (bicyclic) bond motifs is 1. The van der Waals surface area contributed by atoms with Gasteiger partial charge in [0.25, 0.3) is 5.91 Å². The van der Waals surface area contributed by atoms with Crippen LogP contribution in [0.25, 0.3) is 16.9 Å². The zero-order chi connectivity index (χ0) is 21.6. The molecule has 2 aromatic heterocycles. The fourth-order valence-corrected chi connectivity index (χ4v) is 3.34. The van der Waals surface area contributed by atoms with E-state index in [0.717, 1.165) is 30.0 Å². The third-order valence-corrected chi connectivity index (χ3v) is 4.92. The van der Waals surface area contributed by atoms with E-state index in [1.807, 2.05) is 60.7 Å². The zero-order valence-corrected chi connectivity index (χ0v) is 17.5. The van der Waals surface area contributed by atoms with Crippen molar-refractivity contribution in [2.75, 3.05) is 29.9 Å². The lowest BCUT2D eigenvalue weighted by Gasteiger charge is -2.21. The first kappa shape index (κ1) is 20.3. The maximum Gasteiger partial charge on any atom is 0.262 e. The van der Waals surface area contributed by atoms with Crippen LogP contribution in [-0.2, 0) is 4.79 Å². The van der Waals surface area contributed by atoms with Crippen molar-refractivity contribution in [1.82, 2.24) is 19.8 Å². The minimum absolute atomic E-state index is 0.0726. The number of carbonyl (C=O) groups is 1. The van der Waals surface area contributed by atoms with Crippen LogP contribution in [0.3, 0.4) is 0 Å². The summed E-state index contributed by atoms with van der Waals surface area (Å²) in [6.07, 6.45) is 1.55. The van der Waals surface area contributed by atoms with Gasteiger partial charge in [0.2, 0.25) is 0 Å². The van der Waals surface area contributed by atoms with E-state index >= 15 is 0 Å². The van der Waals surface area contributed by atoms with Crippen molar-refractivity contribution in [3.8, 4) is 17.0 Å². The maximum atomic E-state index is 12.4. The fourth-order valence-electron chi connectivity index (χ4n) is 3.34. The molecule has 1 amide bonds. The highest BCUT2D eigenvalue weighted by Crippen LogP contribution is 2.22. The Morgan fingerprint density at radius 2 is 1.90 bits per heavy atom. The molecule has 4 aromatic rings. The standard InChI is InChI=1S/C23H24N6O2/c1-3-28(4-2)19-9-6-10-20(14-19)31-15-23(30)25-18-8-5-7-17(13-18)21-11-12-22-26-24-16-29(22)27-21/h5-14,16H,3-4,15H2,1-2H3,(H,25,30). The van der Waals surface area contributed by atoms with Crippen molar-refractivity contribution in [1.29, 1.82) is 0 Å². The molecule has 2 heterocycles. The minimum Gasteiger partial charge on any atom is -0.484 e. The van der Waals surface area contributed by atoms with Gasteiger partial charge >= 0.3 is 0 Å². The Balaban J connectivity index is 1.40. The van der Waals surface area contributed by atoms with Crippen LogP contribution in [0.15, 0.2) is 67.0 Å². The van der Waals surface area contributed by atoms with Gasteiger partial charge in [-0.25, -0.2) is 0 Å². The Kier molecular flexibility index (Phi) is 6.07. The van der Waals surface area contributed by atoms with Crippen LogP contribution in [0.2, 0.25) is 0 Å². The van der Waals surface area contributed by atoms with E-state index in [1.165, 1.54) is 0 Å². The zero-order valence-electron chi connectivity index (χ0n) is 17.5. The van der Waals surface area contributed by atoms with Crippen molar-refractivity contribution in [2.24, 2.45) is 0 Å². The normalized spacial score (nSPS) is 10.8. The van der Waals surface area contributed by atoms with Crippen LogP contribution in [0.4, 0.5) is 11.4 Å². The van der Waals surface area contributed by atoms with Crippen molar-refractivity contribution < 1.29 is 9.53 Å². The van der Waals surface area contributed by atoms with Gasteiger partial charge in [0.05, 0.1) is 5.69 Å². The average molecular weight is 416 g/mol. The SMILES string of the molecule is CCN(CC)c1cccc(OCC(=O)Nc2cccc(-c3ccc4nncn4n3)c2)c1. The number of anilines is 2. The summed E-state index contributed by atoms with van der Waals surface area (Å²) in [7, 11) is 0. The first-order valence-electron chi connectivity index (χ1n) is 10.2. The van der Waals surface area contributed by atoms with Gasteiger partial charge in [0, 0.05) is 36.1 Å². The molecule has 0 fully saturated rings. The second-order valence-corrected chi connectivity index (χ2v) is 6.94. The molecular weight excluding hydrogens is 392 g/mol. The van der Waals surface area contributed by atoms with Gasteiger partial charge in [0.1, 0.15) is 12.1 Å². The molecule has 0 aliphatic heterocycles. The average Bonchev–Trinajstić information content (AvgIpc) is 3.27. The van der Waals surface area contributed by atoms with Gasteiger partial charge in [-0.15, -0.1) is 10.2 Å². The van der Waals surface area contributed by atoms with E-state index in [-0.39, 0.29) is 12.5 Å². The summed E-state index contributed by atoms with van der Waals surface area (Å²) < 4.78 is 7.32. The highest BCUT2D eigenvalue weighted by atomic mass is 16.5. The van der Waals surface area contributed by atoms with Gasteiger partial charge in [0.15, 0.2) is 12.3 Å². The van der Waals surface area contributed by atoms with Gasteiger partial charge in [-0.2, -0.15) is 9.61 Å². The molecule has 2 aromatic carbocycles. The molecule has 0 saturated carbocycles. The Bertz CT molecular complexity index is 1190. The summed E-state index contributed by atoms with van der Waals surface area (Å²) in [4.78, 5) is 14.6. The predicted molar refractivity (Wildman–Crippen MR) is 120 cm³/mol. The van der Waals surface area contributed by atoms with Crippen LogP contribution in [0.5, 0.6) is 5.75 Å². The molecule has 0 atom stereocenters. The number of aromatic nitrogens is 4. The lowest BCUT2D eigenvalue weighted by atomic mass is 10.1. The second-order valence-electron chi connectivity index (χ2n) is 6.94. The van der Waals surface area contributed by atoms with Crippen molar-refractivity contribution >= 4 is 22.9 Å². The first-order chi connectivity index (χ1) is 15.2. The van der Waals surface area contributed by atoms with E-state index in [1.54, 1.807) is 10.8 Å². The molecule has 31 heavy (non-hydrogen) atoms. The molecule has 4 rings (SSSR count). The summed E-state index contributed by atoms with van der Waals surface area (Å²) in [5, 5.41) is 15.2. The summed E-state index contributed by atoms with van der Waals surface area (Å²) >= 11 is 0. The predicted octanol–water partition coefficient (Wildman–Crippen LogP) is 3.66. The molecule has 0 aliphatic rings. The van der Waals surface area contributed by atoms with E-state index in [9.17, 15) is 4.79 Å². The highest BCUT2D eigenvalue weighted by Gasteiger charge is 2.08.